The van der Waals surface area contributed by atoms with Gasteiger partial charge in [-0.2, -0.15) is 0 Å². The van der Waals surface area contributed by atoms with Crippen molar-refractivity contribution in [3.8, 4) is 5.75 Å². The molecule has 1 fully saturated rings. The largest absolute Gasteiger partial charge is 0.487 e. The summed E-state index contributed by atoms with van der Waals surface area (Å²) in [5, 5.41) is 1.05. The Balaban J connectivity index is 1.91. The molecule has 0 aromatic heterocycles. The first kappa shape index (κ1) is 15.2. The van der Waals surface area contributed by atoms with Crippen LogP contribution in [-0.4, -0.2) is 37.9 Å². The summed E-state index contributed by atoms with van der Waals surface area (Å²) < 4.78 is 16.4. The van der Waals surface area contributed by atoms with Gasteiger partial charge in [0.25, 0.3) is 0 Å². The number of alkyl halides is 1. The molecule has 0 amide bonds. The third-order valence-electron chi connectivity index (χ3n) is 2.90. The van der Waals surface area contributed by atoms with E-state index in [9.17, 15) is 0 Å². The van der Waals surface area contributed by atoms with Gasteiger partial charge in [0, 0.05) is 23.6 Å². The fourth-order valence-electron chi connectivity index (χ4n) is 1.89. The number of rotatable bonds is 6. The van der Waals surface area contributed by atoms with E-state index in [-0.39, 0.29) is 17.6 Å². The minimum atomic E-state index is -0.130. The lowest BCUT2D eigenvalue weighted by Gasteiger charge is -2.40. The molecule has 0 radical (unpaired) electrons. The van der Waals surface area contributed by atoms with Gasteiger partial charge in [-0.1, -0.05) is 23.2 Å². The second-order valence-electron chi connectivity index (χ2n) is 4.34. The Morgan fingerprint density at radius 3 is 2.42 bits per heavy atom. The lowest BCUT2D eigenvalue weighted by molar-refractivity contribution is -0.0898. The smallest absolute Gasteiger partial charge is 0.128 e. The predicted octanol–water partition coefficient (Wildman–Crippen LogP) is 3.78. The molecular formula is C13H15Cl3O3. The van der Waals surface area contributed by atoms with Crippen LogP contribution in [0.5, 0.6) is 5.75 Å². The maximum atomic E-state index is 6.12. The number of benzene rings is 1. The van der Waals surface area contributed by atoms with Crippen molar-refractivity contribution in [2.75, 3.05) is 20.3 Å². The van der Waals surface area contributed by atoms with Crippen LogP contribution >= 0.6 is 34.8 Å². The van der Waals surface area contributed by atoms with Crippen LogP contribution in [0.4, 0.5) is 0 Å². The van der Waals surface area contributed by atoms with Crippen LogP contribution in [0.1, 0.15) is 6.42 Å². The van der Waals surface area contributed by atoms with E-state index in [0.717, 1.165) is 6.42 Å². The lowest BCUT2D eigenvalue weighted by Crippen LogP contribution is -2.53. The Labute approximate surface area is 127 Å². The number of hydrogen-bond donors (Lipinski definition) is 0. The second kappa shape index (κ2) is 7.00. The molecule has 1 aliphatic carbocycles. The monoisotopic (exact) mass is 324 g/mol. The van der Waals surface area contributed by atoms with E-state index in [4.69, 9.17) is 49.0 Å². The molecule has 106 valence electrons. The summed E-state index contributed by atoms with van der Waals surface area (Å²) in [6, 6.07) is 5.11. The van der Waals surface area contributed by atoms with Crippen LogP contribution < -0.4 is 4.74 Å². The zero-order valence-corrected chi connectivity index (χ0v) is 12.7. The molecule has 1 aromatic carbocycles. The number of methoxy groups -OCH3 is 1. The minimum absolute atomic E-state index is 0.0310. The molecule has 0 heterocycles. The Hall–Kier alpha value is -0.190. The maximum absolute atomic E-state index is 6.12. The number of hydrogen-bond acceptors (Lipinski definition) is 3. The molecule has 0 bridgehead atoms. The van der Waals surface area contributed by atoms with Crippen LogP contribution in [0, 0.1) is 0 Å². The highest BCUT2D eigenvalue weighted by Crippen LogP contribution is 2.34. The number of ether oxygens (including phenoxy) is 3. The molecule has 0 N–H and O–H groups in total. The summed E-state index contributed by atoms with van der Waals surface area (Å²) in [4.78, 5) is 0. The molecule has 1 aromatic rings. The molecule has 3 unspecified atom stereocenters. The van der Waals surface area contributed by atoms with Crippen molar-refractivity contribution in [3.63, 3.8) is 0 Å². The van der Waals surface area contributed by atoms with E-state index in [1.54, 1.807) is 25.3 Å². The molecule has 1 aliphatic rings. The molecule has 0 aliphatic heterocycles. The van der Waals surface area contributed by atoms with Gasteiger partial charge in [0.05, 0.1) is 18.6 Å². The lowest BCUT2D eigenvalue weighted by atomic mass is 9.91. The van der Waals surface area contributed by atoms with Crippen molar-refractivity contribution in [2.24, 2.45) is 0 Å². The Morgan fingerprint density at radius 1 is 1.16 bits per heavy atom. The van der Waals surface area contributed by atoms with E-state index >= 15 is 0 Å². The first-order valence-electron chi connectivity index (χ1n) is 5.97. The zero-order chi connectivity index (χ0) is 13.8. The van der Waals surface area contributed by atoms with Crippen molar-refractivity contribution in [1.29, 1.82) is 0 Å². The van der Waals surface area contributed by atoms with Crippen LogP contribution in [0.15, 0.2) is 18.2 Å². The summed E-state index contributed by atoms with van der Waals surface area (Å²) in [6.07, 6.45) is 0.534. The fraction of sp³-hybridized carbons (Fsp3) is 0.538. The first-order chi connectivity index (χ1) is 9.10. The maximum Gasteiger partial charge on any atom is 0.128 e. The summed E-state index contributed by atoms with van der Waals surface area (Å²) in [5.41, 5.74) is 0. The molecule has 0 saturated heterocycles. The third kappa shape index (κ3) is 4.14. The van der Waals surface area contributed by atoms with E-state index in [1.807, 2.05) is 0 Å². The highest BCUT2D eigenvalue weighted by atomic mass is 35.5. The minimum Gasteiger partial charge on any atom is -0.487 e. The van der Waals surface area contributed by atoms with E-state index in [2.05, 4.69) is 0 Å². The normalized spacial score (nSPS) is 26.0. The van der Waals surface area contributed by atoms with Crippen molar-refractivity contribution in [2.45, 2.75) is 24.0 Å². The van der Waals surface area contributed by atoms with Gasteiger partial charge in [-0.3, -0.25) is 0 Å². The second-order valence-corrected chi connectivity index (χ2v) is 5.77. The van der Waals surface area contributed by atoms with Crippen molar-refractivity contribution >= 4 is 34.8 Å². The SMILES string of the molecule is COCCOC1C(Cl)CC1Oc1cc(Cl)cc(Cl)c1. The van der Waals surface area contributed by atoms with Crippen LogP contribution in [0.25, 0.3) is 0 Å². The average Bonchev–Trinajstić information content (AvgIpc) is 2.33. The quantitative estimate of drug-likeness (QED) is 0.588. The highest BCUT2D eigenvalue weighted by Gasteiger charge is 2.42. The molecule has 0 spiro atoms. The standard InChI is InChI=1S/C13H15Cl3O3/c1-17-2-3-18-13-11(16)7-12(13)19-10-5-8(14)4-9(15)6-10/h4-6,11-13H,2-3,7H2,1H3. The van der Waals surface area contributed by atoms with Crippen molar-refractivity contribution < 1.29 is 14.2 Å². The topological polar surface area (TPSA) is 27.7 Å². The summed E-state index contributed by atoms with van der Waals surface area (Å²) in [7, 11) is 1.63. The predicted molar refractivity (Wildman–Crippen MR) is 76.8 cm³/mol. The first-order valence-corrected chi connectivity index (χ1v) is 7.16. The molecular weight excluding hydrogens is 310 g/mol. The van der Waals surface area contributed by atoms with E-state index in [0.29, 0.717) is 29.0 Å². The van der Waals surface area contributed by atoms with Gasteiger partial charge in [0.2, 0.25) is 0 Å². The van der Waals surface area contributed by atoms with E-state index < -0.39 is 0 Å². The number of halogens is 3. The van der Waals surface area contributed by atoms with Crippen LogP contribution in [0.2, 0.25) is 10.0 Å². The fourth-order valence-corrected chi connectivity index (χ4v) is 2.81. The van der Waals surface area contributed by atoms with Crippen LogP contribution in [-0.2, 0) is 9.47 Å². The Morgan fingerprint density at radius 2 is 1.84 bits per heavy atom. The van der Waals surface area contributed by atoms with Crippen molar-refractivity contribution in [3.05, 3.63) is 28.2 Å². The summed E-state index contributed by atoms with van der Waals surface area (Å²) in [6.45, 7) is 1.04. The molecule has 1 saturated carbocycles. The van der Waals surface area contributed by atoms with Gasteiger partial charge in [0.1, 0.15) is 18.0 Å². The Bertz CT molecular complexity index is 407. The van der Waals surface area contributed by atoms with Gasteiger partial charge >= 0.3 is 0 Å². The van der Waals surface area contributed by atoms with Gasteiger partial charge in [-0.15, -0.1) is 11.6 Å². The zero-order valence-electron chi connectivity index (χ0n) is 10.4. The molecule has 6 heteroatoms. The summed E-state index contributed by atoms with van der Waals surface area (Å²) >= 11 is 18.0. The highest BCUT2D eigenvalue weighted by molar-refractivity contribution is 6.34. The van der Waals surface area contributed by atoms with Crippen LogP contribution in [0.3, 0.4) is 0 Å². The van der Waals surface area contributed by atoms with E-state index in [1.165, 1.54) is 0 Å². The molecule has 3 atom stereocenters. The molecule has 19 heavy (non-hydrogen) atoms. The molecule has 3 nitrogen and oxygen atoms in total. The van der Waals surface area contributed by atoms with Gasteiger partial charge in [-0.05, 0) is 18.2 Å². The van der Waals surface area contributed by atoms with Crippen molar-refractivity contribution in [1.82, 2.24) is 0 Å². The van der Waals surface area contributed by atoms with Gasteiger partial charge in [0.15, 0.2) is 0 Å². The molecule has 2 rings (SSSR count). The van der Waals surface area contributed by atoms with Gasteiger partial charge in [-0.25, -0.2) is 0 Å². The summed E-state index contributed by atoms with van der Waals surface area (Å²) in [5.74, 6) is 0.631. The average molecular weight is 326 g/mol. The Kier molecular flexibility index (Phi) is 5.60. The van der Waals surface area contributed by atoms with Gasteiger partial charge < -0.3 is 14.2 Å². The third-order valence-corrected chi connectivity index (χ3v) is 3.76.